The lowest BCUT2D eigenvalue weighted by molar-refractivity contribution is -0.150. The summed E-state index contributed by atoms with van der Waals surface area (Å²) in [6.45, 7) is 0. The van der Waals surface area contributed by atoms with Crippen LogP contribution < -0.4 is 0 Å². The number of methoxy groups -OCH3 is 1. The number of benzene rings is 1. The van der Waals surface area contributed by atoms with E-state index in [-0.39, 0.29) is 5.69 Å². The van der Waals surface area contributed by atoms with Gasteiger partial charge in [-0.15, -0.1) is 5.10 Å². The molecule has 1 atom stereocenters. The molecular weight excluding hydrogens is 222 g/mol. The number of esters is 1. The van der Waals surface area contributed by atoms with E-state index in [1.807, 2.05) is 30.3 Å². The van der Waals surface area contributed by atoms with E-state index in [9.17, 15) is 9.90 Å². The molecule has 0 bridgehead atoms. The molecule has 1 N–H and O–H groups in total. The fraction of sp³-hybridized carbons (Fsp3) is 0.182. The molecule has 1 aromatic carbocycles. The lowest BCUT2D eigenvalue weighted by Gasteiger charge is -2.03. The molecule has 0 aliphatic carbocycles. The summed E-state index contributed by atoms with van der Waals surface area (Å²) in [5.41, 5.74) is 0.948. The summed E-state index contributed by atoms with van der Waals surface area (Å²) < 4.78 is 5.89. The Labute approximate surface area is 97.4 Å². The fourth-order valence-corrected chi connectivity index (χ4v) is 1.34. The zero-order valence-electron chi connectivity index (χ0n) is 9.15. The summed E-state index contributed by atoms with van der Waals surface area (Å²) >= 11 is 0. The van der Waals surface area contributed by atoms with Gasteiger partial charge in [0, 0.05) is 0 Å². The van der Waals surface area contributed by atoms with Crippen molar-refractivity contribution in [1.29, 1.82) is 0 Å². The number of ether oxygens (including phenoxy) is 1. The molecule has 0 radical (unpaired) electrons. The number of hydrogen-bond acceptors (Lipinski definition) is 5. The molecule has 6 heteroatoms. The van der Waals surface area contributed by atoms with Crippen LogP contribution in [-0.2, 0) is 9.53 Å². The van der Waals surface area contributed by atoms with E-state index in [0.717, 1.165) is 5.69 Å². The van der Waals surface area contributed by atoms with Crippen LogP contribution in [0.15, 0.2) is 36.5 Å². The van der Waals surface area contributed by atoms with Crippen LogP contribution in [0.4, 0.5) is 0 Å². The Hall–Kier alpha value is -2.21. The number of aromatic nitrogens is 3. The summed E-state index contributed by atoms with van der Waals surface area (Å²) in [6.07, 6.45) is 0.0779. The Balaban J connectivity index is 2.25. The number of carbonyl (C=O) groups is 1. The van der Waals surface area contributed by atoms with E-state index in [1.54, 1.807) is 0 Å². The summed E-state index contributed by atoms with van der Waals surface area (Å²) in [5, 5.41) is 17.1. The van der Waals surface area contributed by atoms with Gasteiger partial charge in [0.15, 0.2) is 6.10 Å². The molecule has 0 saturated carbocycles. The molecule has 2 rings (SSSR count). The van der Waals surface area contributed by atoms with Gasteiger partial charge in [-0.05, 0) is 12.1 Å². The molecule has 1 heterocycles. The highest BCUT2D eigenvalue weighted by atomic mass is 16.5. The van der Waals surface area contributed by atoms with Crippen LogP contribution in [0, 0.1) is 0 Å². The van der Waals surface area contributed by atoms with E-state index in [2.05, 4.69) is 15.0 Å². The first-order chi connectivity index (χ1) is 8.22. The maximum Gasteiger partial charge on any atom is 0.341 e. The van der Waals surface area contributed by atoms with Crippen LogP contribution in [0.25, 0.3) is 5.69 Å². The fourth-order valence-electron chi connectivity index (χ4n) is 1.34. The number of carbonyl (C=O) groups excluding carboxylic acids is 1. The Morgan fingerprint density at radius 1 is 1.41 bits per heavy atom. The van der Waals surface area contributed by atoms with Gasteiger partial charge in [0.2, 0.25) is 0 Å². The number of nitrogens with zero attached hydrogens (tertiary/aromatic N) is 3. The number of rotatable bonds is 3. The van der Waals surface area contributed by atoms with Gasteiger partial charge < -0.3 is 9.84 Å². The van der Waals surface area contributed by atoms with E-state index >= 15 is 0 Å². The summed E-state index contributed by atoms with van der Waals surface area (Å²) in [6, 6.07) is 9.26. The first-order valence-electron chi connectivity index (χ1n) is 4.96. The largest absolute Gasteiger partial charge is 0.467 e. The highest BCUT2D eigenvalue weighted by Crippen LogP contribution is 2.12. The van der Waals surface area contributed by atoms with Crippen LogP contribution in [0.2, 0.25) is 0 Å². The Bertz CT molecular complexity index is 510. The lowest BCUT2D eigenvalue weighted by atomic mass is 10.3. The molecule has 0 amide bonds. The first kappa shape index (κ1) is 11.3. The molecule has 0 aliphatic rings. The third-order valence-electron chi connectivity index (χ3n) is 2.24. The molecule has 0 fully saturated rings. The molecule has 88 valence electrons. The summed E-state index contributed by atoms with van der Waals surface area (Å²) in [4.78, 5) is 11.1. The average Bonchev–Trinajstić information content (AvgIpc) is 2.87. The number of para-hydroxylation sites is 1. The van der Waals surface area contributed by atoms with Gasteiger partial charge in [0.1, 0.15) is 5.69 Å². The third kappa shape index (κ3) is 2.31. The molecule has 1 aromatic heterocycles. The normalized spacial score (nSPS) is 12.1. The molecule has 0 saturated heterocycles. The maximum absolute atomic E-state index is 11.1. The van der Waals surface area contributed by atoms with Crippen molar-refractivity contribution >= 4 is 5.97 Å². The Kier molecular flexibility index (Phi) is 3.15. The second kappa shape index (κ2) is 4.75. The van der Waals surface area contributed by atoms with Gasteiger partial charge in [-0.25, -0.2) is 9.48 Å². The number of aliphatic hydroxyl groups is 1. The number of aliphatic hydroxyl groups excluding tert-OH is 1. The molecule has 1 unspecified atom stereocenters. The van der Waals surface area contributed by atoms with Crippen molar-refractivity contribution in [2.24, 2.45) is 0 Å². The zero-order valence-corrected chi connectivity index (χ0v) is 9.15. The van der Waals surface area contributed by atoms with Gasteiger partial charge in [-0.2, -0.15) is 0 Å². The van der Waals surface area contributed by atoms with Crippen LogP contribution >= 0.6 is 0 Å². The molecule has 6 nitrogen and oxygen atoms in total. The quantitative estimate of drug-likeness (QED) is 0.780. The van der Waals surface area contributed by atoms with E-state index in [1.165, 1.54) is 18.0 Å². The molecule has 2 aromatic rings. The summed E-state index contributed by atoms with van der Waals surface area (Å²) in [5.74, 6) is -0.759. The van der Waals surface area contributed by atoms with Crippen LogP contribution in [0.3, 0.4) is 0 Å². The van der Waals surface area contributed by atoms with Gasteiger partial charge in [-0.3, -0.25) is 0 Å². The van der Waals surface area contributed by atoms with Crippen LogP contribution in [0.5, 0.6) is 0 Å². The lowest BCUT2D eigenvalue weighted by Crippen LogP contribution is -2.13. The zero-order chi connectivity index (χ0) is 12.3. The monoisotopic (exact) mass is 233 g/mol. The number of hydrogen-bond donors (Lipinski definition) is 1. The van der Waals surface area contributed by atoms with E-state index in [0.29, 0.717) is 0 Å². The topological polar surface area (TPSA) is 77.2 Å². The highest BCUT2D eigenvalue weighted by molar-refractivity contribution is 5.75. The Morgan fingerprint density at radius 3 is 2.76 bits per heavy atom. The van der Waals surface area contributed by atoms with Gasteiger partial charge in [0.25, 0.3) is 0 Å². The predicted octanol–water partition coefficient (Wildman–Crippen LogP) is 0.474. The van der Waals surface area contributed by atoms with Crippen molar-refractivity contribution in [3.8, 4) is 5.69 Å². The minimum atomic E-state index is -1.41. The predicted molar refractivity (Wildman–Crippen MR) is 58.3 cm³/mol. The van der Waals surface area contributed by atoms with Crippen molar-refractivity contribution in [2.45, 2.75) is 6.10 Å². The molecule has 17 heavy (non-hydrogen) atoms. The van der Waals surface area contributed by atoms with Crippen molar-refractivity contribution in [1.82, 2.24) is 15.0 Å². The van der Waals surface area contributed by atoms with Gasteiger partial charge >= 0.3 is 5.97 Å². The average molecular weight is 233 g/mol. The second-order valence-corrected chi connectivity index (χ2v) is 3.35. The molecule has 0 spiro atoms. The van der Waals surface area contributed by atoms with Crippen LogP contribution in [-0.4, -0.2) is 33.2 Å². The Morgan fingerprint density at radius 2 is 2.12 bits per heavy atom. The minimum Gasteiger partial charge on any atom is -0.467 e. The van der Waals surface area contributed by atoms with Crippen molar-refractivity contribution in [3.05, 3.63) is 42.2 Å². The van der Waals surface area contributed by atoms with Crippen molar-refractivity contribution in [3.63, 3.8) is 0 Å². The first-order valence-corrected chi connectivity index (χ1v) is 4.96. The smallest absolute Gasteiger partial charge is 0.341 e. The molecule has 0 aliphatic heterocycles. The second-order valence-electron chi connectivity index (χ2n) is 3.35. The van der Waals surface area contributed by atoms with Gasteiger partial charge in [-0.1, -0.05) is 23.4 Å². The highest BCUT2D eigenvalue weighted by Gasteiger charge is 2.21. The van der Waals surface area contributed by atoms with Crippen molar-refractivity contribution in [2.75, 3.05) is 7.11 Å². The maximum atomic E-state index is 11.1. The van der Waals surface area contributed by atoms with Gasteiger partial charge in [0.05, 0.1) is 19.0 Å². The standard InChI is InChI=1S/C11H11N3O3/c1-17-11(16)10(15)9-7-14(13-12-9)8-5-3-2-4-6-8/h2-7,10,15H,1H3. The van der Waals surface area contributed by atoms with E-state index < -0.39 is 12.1 Å². The SMILES string of the molecule is COC(=O)C(O)c1cn(-c2ccccc2)nn1. The minimum absolute atomic E-state index is 0.153. The van der Waals surface area contributed by atoms with Crippen molar-refractivity contribution < 1.29 is 14.6 Å². The summed E-state index contributed by atoms with van der Waals surface area (Å²) in [7, 11) is 1.20. The third-order valence-corrected chi connectivity index (χ3v) is 2.24. The van der Waals surface area contributed by atoms with Crippen LogP contribution in [0.1, 0.15) is 11.8 Å². The molecular formula is C11H11N3O3. The van der Waals surface area contributed by atoms with E-state index in [4.69, 9.17) is 0 Å².